The Hall–Kier alpha value is -2.38. The summed E-state index contributed by atoms with van der Waals surface area (Å²) in [5.74, 6) is 0.634. The molecule has 0 saturated heterocycles. The topological polar surface area (TPSA) is 83.7 Å². The predicted molar refractivity (Wildman–Crippen MR) is 103 cm³/mol. The van der Waals surface area contributed by atoms with Gasteiger partial charge in [0.15, 0.2) is 5.96 Å². The zero-order valence-corrected chi connectivity index (χ0v) is 15.9. The van der Waals surface area contributed by atoms with Gasteiger partial charge in [-0.2, -0.15) is 5.10 Å². The average molecular weight is 359 g/mol. The summed E-state index contributed by atoms with van der Waals surface area (Å²) in [4.78, 5) is 4.52. The minimum absolute atomic E-state index is 0.0844. The number of nitrogens with one attached hydrogen (secondary N) is 2. The molecule has 0 aliphatic carbocycles. The molecule has 1 aromatic heterocycles. The van der Waals surface area contributed by atoms with Crippen molar-refractivity contribution in [1.29, 1.82) is 0 Å². The molecule has 0 aliphatic rings. The molecule has 0 bridgehead atoms. The molecule has 0 aliphatic heterocycles. The van der Waals surface area contributed by atoms with Gasteiger partial charge >= 0.3 is 0 Å². The number of aromatic nitrogens is 2. The fourth-order valence-corrected chi connectivity index (χ4v) is 2.56. The Bertz CT molecular complexity index is 697. The van der Waals surface area contributed by atoms with Crippen LogP contribution in [0.2, 0.25) is 0 Å². The summed E-state index contributed by atoms with van der Waals surface area (Å²) in [6.07, 6.45) is 3.37. The summed E-state index contributed by atoms with van der Waals surface area (Å²) >= 11 is 0. The Morgan fingerprint density at radius 2 is 2.08 bits per heavy atom. The van der Waals surface area contributed by atoms with E-state index in [0.717, 1.165) is 17.7 Å². The van der Waals surface area contributed by atoms with Crippen LogP contribution in [0.5, 0.6) is 0 Å². The van der Waals surface area contributed by atoms with Gasteiger partial charge in [-0.15, -0.1) is 0 Å². The van der Waals surface area contributed by atoms with E-state index in [4.69, 9.17) is 4.74 Å². The first kappa shape index (κ1) is 19.9. The Balaban J connectivity index is 2.02. The molecule has 1 aromatic carbocycles. The monoisotopic (exact) mass is 359 g/mol. The van der Waals surface area contributed by atoms with Crippen molar-refractivity contribution in [2.24, 2.45) is 12.0 Å². The third-order valence-electron chi connectivity index (χ3n) is 4.13. The molecule has 0 fully saturated rings. The molecule has 0 spiro atoms. The lowest BCUT2D eigenvalue weighted by Crippen LogP contribution is -2.40. The molecule has 0 radical (unpaired) electrons. The molecule has 142 valence electrons. The van der Waals surface area contributed by atoms with Crippen molar-refractivity contribution < 1.29 is 9.84 Å². The van der Waals surface area contributed by atoms with Crippen LogP contribution in [-0.2, 0) is 17.4 Å². The van der Waals surface area contributed by atoms with Crippen molar-refractivity contribution in [2.75, 3.05) is 26.7 Å². The molecule has 7 nitrogen and oxygen atoms in total. The predicted octanol–water partition coefficient (Wildman–Crippen LogP) is 1.57. The van der Waals surface area contributed by atoms with E-state index in [-0.39, 0.29) is 12.6 Å². The van der Waals surface area contributed by atoms with Crippen LogP contribution < -0.4 is 10.6 Å². The van der Waals surface area contributed by atoms with Gasteiger partial charge in [-0.25, -0.2) is 4.99 Å². The number of benzene rings is 1. The maximum atomic E-state index is 10.7. The zero-order chi connectivity index (χ0) is 19.0. The van der Waals surface area contributed by atoms with Crippen molar-refractivity contribution in [3.05, 3.63) is 53.9 Å². The Morgan fingerprint density at radius 1 is 1.35 bits per heavy atom. The van der Waals surface area contributed by atoms with Gasteiger partial charge in [0, 0.05) is 39.0 Å². The number of hydrogen-bond acceptors (Lipinski definition) is 4. The van der Waals surface area contributed by atoms with Crippen LogP contribution in [0.1, 0.15) is 31.1 Å². The molecule has 2 rings (SSSR count). The van der Waals surface area contributed by atoms with Gasteiger partial charge in [-0.3, -0.25) is 4.68 Å². The Kier molecular flexibility index (Phi) is 7.17. The van der Waals surface area contributed by atoms with Gasteiger partial charge in [-0.05, 0) is 19.4 Å². The van der Waals surface area contributed by atoms with Crippen LogP contribution in [0.25, 0.3) is 0 Å². The highest BCUT2D eigenvalue weighted by Gasteiger charge is 2.24. The summed E-state index contributed by atoms with van der Waals surface area (Å²) in [5, 5.41) is 21.3. The third-order valence-corrected chi connectivity index (χ3v) is 4.13. The van der Waals surface area contributed by atoms with E-state index in [1.54, 1.807) is 31.1 Å². The van der Waals surface area contributed by atoms with Gasteiger partial charge in [0.25, 0.3) is 0 Å². The zero-order valence-electron chi connectivity index (χ0n) is 15.9. The number of nitrogens with zero attached hydrogens (tertiary/aromatic N) is 3. The number of aliphatic hydroxyl groups is 1. The maximum Gasteiger partial charge on any atom is 0.191 e. The van der Waals surface area contributed by atoms with E-state index in [2.05, 4.69) is 20.7 Å². The van der Waals surface area contributed by atoms with Gasteiger partial charge < -0.3 is 20.5 Å². The highest BCUT2D eigenvalue weighted by atomic mass is 16.5. The number of hydrogen-bond donors (Lipinski definition) is 3. The van der Waals surface area contributed by atoms with Crippen LogP contribution in [-0.4, -0.2) is 47.6 Å². The molecule has 0 amide bonds. The van der Waals surface area contributed by atoms with Crippen LogP contribution in [0, 0.1) is 0 Å². The number of guanidine groups is 1. The van der Waals surface area contributed by atoms with E-state index >= 15 is 0 Å². The smallest absolute Gasteiger partial charge is 0.191 e. The Labute approximate surface area is 155 Å². The van der Waals surface area contributed by atoms with E-state index in [1.807, 2.05) is 44.3 Å². The molecule has 1 heterocycles. The van der Waals surface area contributed by atoms with Crippen LogP contribution in [0.15, 0.2) is 47.7 Å². The number of ether oxygens (including phenoxy) is 1. The summed E-state index contributed by atoms with van der Waals surface area (Å²) in [5.41, 5.74) is 0.746. The minimum atomic E-state index is -1.09. The van der Waals surface area contributed by atoms with E-state index in [9.17, 15) is 5.11 Å². The second-order valence-corrected chi connectivity index (χ2v) is 6.39. The first-order chi connectivity index (χ1) is 12.5. The van der Waals surface area contributed by atoms with Gasteiger partial charge in [0.2, 0.25) is 0 Å². The average Bonchev–Trinajstić information content (AvgIpc) is 3.08. The molecule has 26 heavy (non-hydrogen) atoms. The number of methoxy groups -OCH3 is 1. The summed E-state index contributed by atoms with van der Waals surface area (Å²) in [6, 6.07) is 10.0. The normalized spacial score (nSPS) is 15.3. The summed E-state index contributed by atoms with van der Waals surface area (Å²) in [6.45, 7) is 5.25. The van der Waals surface area contributed by atoms with Gasteiger partial charge in [0.05, 0.1) is 18.8 Å². The maximum absolute atomic E-state index is 10.7. The Morgan fingerprint density at radius 3 is 2.65 bits per heavy atom. The molecule has 2 aromatic rings. The molecule has 0 saturated carbocycles. The molecule has 7 heteroatoms. The summed E-state index contributed by atoms with van der Waals surface area (Å²) < 4.78 is 7.24. The van der Waals surface area contributed by atoms with Crippen molar-refractivity contribution in [1.82, 2.24) is 20.4 Å². The first-order valence-corrected chi connectivity index (χ1v) is 8.77. The highest BCUT2D eigenvalue weighted by Crippen LogP contribution is 2.20. The van der Waals surface area contributed by atoms with E-state index in [0.29, 0.717) is 12.5 Å². The fraction of sp³-hybridized carbons (Fsp3) is 0.474. The fourth-order valence-electron chi connectivity index (χ4n) is 2.56. The van der Waals surface area contributed by atoms with Gasteiger partial charge in [0.1, 0.15) is 5.60 Å². The van der Waals surface area contributed by atoms with Crippen LogP contribution in [0.3, 0.4) is 0 Å². The SMILES string of the molecule is CCNC(=NCC(C)(O)c1cnn(C)c1)NCC(OC)c1ccccc1. The van der Waals surface area contributed by atoms with E-state index < -0.39 is 5.60 Å². The third kappa shape index (κ3) is 5.57. The lowest BCUT2D eigenvalue weighted by Gasteiger charge is -2.22. The minimum Gasteiger partial charge on any atom is -0.383 e. The molecule has 3 N–H and O–H groups in total. The van der Waals surface area contributed by atoms with Crippen LogP contribution in [0.4, 0.5) is 0 Å². The number of rotatable bonds is 8. The largest absolute Gasteiger partial charge is 0.383 e. The quantitative estimate of drug-likeness (QED) is 0.492. The van der Waals surface area contributed by atoms with Crippen molar-refractivity contribution in [3.63, 3.8) is 0 Å². The molecular formula is C19H29N5O2. The van der Waals surface area contributed by atoms with Crippen molar-refractivity contribution in [2.45, 2.75) is 25.6 Å². The lowest BCUT2D eigenvalue weighted by atomic mass is 10.0. The molecule has 2 atom stereocenters. The lowest BCUT2D eigenvalue weighted by molar-refractivity contribution is 0.0671. The molecular weight excluding hydrogens is 330 g/mol. The second kappa shape index (κ2) is 9.35. The highest BCUT2D eigenvalue weighted by molar-refractivity contribution is 5.79. The summed E-state index contributed by atoms with van der Waals surface area (Å²) in [7, 11) is 3.51. The van der Waals surface area contributed by atoms with Crippen molar-refractivity contribution in [3.8, 4) is 0 Å². The van der Waals surface area contributed by atoms with Crippen LogP contribution >= 0.6 is 0 Å². The van der Waals surface area contributed by atoms with Gasteiger partial charge in [-0.1, -0.05) is 30.3 Å². The molecule has 2 unspecified atom stereocenters. The first-order valence-electron chi connectivity index (χ1n) is 8.77. The number of aliphatic imine (C=N–C) groups is 1. The standard InChI is InChI=1S/C19H29N5O2/c1-5-20-18(21-12-17(26-4)15-9-7-6-8-10-15)22-14-19(2,25)16-11-23-24(3)13-16/h6-11,13,17,25H,5,12,14H2,1-4H3,(H2,20,21,22). The number of aryl methyl sites for hydroxylation is 1. The van der Waals surface area contributed by atoms with Crippen molar-refractivity contribution >= 4 is 5.96 Å². The second-order valence-electron chi connectivity index (χ2n) is 6.39. The van der Waals surface area contributed by atoms with E-state index in [1.165, 1.54) is 0 Å².